The second-order valence-corrected chi connectivity index (χ2v) is 9.81. The zero-order valence-electron chi connectivity index (χ0n) is 21.3. The van der Waals surface area contributed by atoms with Crippen molar-refractivity contribution in [3.05, 3.63) is 112 Å². The Kier molecular flexibility index (Phi) is 6.40. The van der Waals surface area contributed by atoms with Gasteiger partial charge in [-0.25, -0.2) is 0 Å². The lowest BCUT2D eigenvalue weighted by Crippen LogP contribution is -2.21. The van der Waals surface area contributed by atoms with E-state index < -0.39 is 11.9 Å². The van der Waals surface area contributed by atoms with Crippen molar-refractivity contribution in [3.63, 3.8) is 0 Å². The van der Waals surface area contributed by atoms with E-state index in [1.165, 1.54) is 27.8 Å². The molecule has 0 saturated carbocycles. The van der Waals surface area contributed by atoms with E-state index in [4.69, 9.17) is 4.74 Å². The van der Waals surface area contributed by atoms with Gasteiger partial charge in [0, 0.05) is 5.92 Å². The Balaban J connectivity index is 1.46. The second kappa shape index (κ2) is 9.66. The number of carbonyl (C=O) groups is 1. The summed E-state index contributed by atoms with van der Waals surface area (Å²) in [6.45, 7) is 8.91. The average Bonchev–Trinajstić information content (AvgIpc) is 3.18. The smallest absolute Gasteiger partial charge is 0.307 e. The maximum absolute atomic E-state index is 12.0. The second-order valence-electron chi connectivity index (χ2n) is 9.81. The molecule has 0 aromatic heterocycles. The first-order valence-electron chi connectivity index (χ1n) is 12.6. The third-order valence-corrected chi connectivity index (χ3v) is 7.70. The fraction of sp³-hybridized carbons (Fsp3) is 0.242. The van der Waals surface area contributed by atoms with E-state index in [-0.39, 0.29) is 5.92 Å². The first-order chi connectivity index (χ1) is 17.4. The van der Waals surface area contributed by atoms with Crippen LogP contribution in [0.4, 0.5) is 0 Å². The van der Waals surface area contributed by atoms with Crippen LogP contribution in [0.15, 0.2) is 78.9 Å². The number of carboxylic acid groups (broad SMARTS) is 1. The molecule has 2 unspecified atom stereocenters. The van der Waals surface area contributed by atoms with Crippen LogP contribution >= 0.6 is 0 Å². The number of benzene rings is 4. The lowest BCUT2D eigenvalue weighted by Gasteiger charge is -2.21. The van der Waals surface area contributed by atoms with Crippen molar-refractivity contribution in [2.24, 2.45) is 5.92 Å². The molecule has 0 aliphatic heterocycles. The maximum atomic E-state index is 12.0. The standard InChI is InChI=1S/C33H32O3/c1-5-25(33(34)35)32-28-14-7-6-13-27(28)30-18-24(16-17-29(30)32)36-19-23-12-9-15-26(22(23)4)31-20(2)10-8-11-21(31)3/h6-18,25,32H,5,19H2,1-4H3,(H,34,35). The summed E-state index contributed by atoms with van der Waals surface area (Å²) < 4.78 is 6.32. The largest absolute Gasteiger partial charge is 0.489 e. The minimum Gasteiger partial charge on any atom is -0.489 e. The highest BCUT2D eigenvalue weighted by Gasteiger charge is 2.37. The summed E-state index contributed by atoms with van der Waals surface area (Å²) >= 11 is 0. The van der Waals surface area contributed by atoms with Gasteiger partial charge in [0.25, 0.3) is 0 Å². The summed E-state index contributed by atoms with van der Waals surface area (Å²) in [6, 6.07) is 27.1. The van der Waals surface area contributed by atoms with Crippen molar-refractivity contribution in [2.45, 2.75) is 46.6 Å². The van der Waals surface area contributed by atoms with E-state index >= 15 is 0 Å². The van der Waals surface area contributed by atoms with Crippen molar-refractivity contribution in [2.75, 3.05) is 0 Å². The molecule has 5 rings (SSSR count). The molecule has 1 aliphatic rings. The summed E-state index contributed by atoms with van der Waals surface area (Å²) in [5, 5.41) is 9.89. The van der Waals surface area contributed by atoms with E-state index in [0.717, 1.165) is 33.6 Å². The highest BCUT2D eigenvalue weighted by atomic mass is 16.5. The molecule has 1 N–H and O–H groups in total. The van der Waals surface area contributed by atoms with Crippen molar-refractivity contribution in [3.8, 4) is 28.0 Å². The van der Waals surface area contributed by atoms with Crippen molar-refractivity contribution < 1.29 is 14.6 Å². The van der Waals surface area contributed by atoms with Gasteiger partial charge in [-0.05, 0) is 95.0 Å². The molecule has 36 heavy (non-hydrogen) atoms. The van der Waals surface area contributed by atoms with Gasteiger partial charge in [0.2, 0.25) is 0 Å². The van der Waals surface area contributed by atoms with Crippen LogP contribution in [0.3, 0.4) is 0 Å². The molecule has 4 aromatic carbocycles. The van der Waals surface area contributed by atoms with Crippen molar-refractivity contribution >= 4 is 5.97 Å². The molecule has 0 bridgehead atoms. The molecule has 0 heterocycles. The number of hydrogen-bond acceptors (Lipinski definition) is 2. The molecule has 4 aromatic rings. The number of aryl methyl sites for hydroxylation is 2. The van der Waals surface area contributed by atoms with Gasteiger partial charge in [0.1, 0.15) is 12.4 Å². The molecule has 2 atom stereocenters. The quantitative estimate of drug-likeness (QED) is 0.293. The third kappa shape index (κ3) is 4.09. The predicted molar refractivity (Wildman–Crippen MR) is 146 cm³/mol. The van der Waals surface area contributed by atoms with Gasteiger partial charge in [-0.2, -0.15) is 0 Å². The van der Waals surface area contributed by atoms with Gasteiger partial charge in [-0.3, -0.25) is 4.79 Å². The maximum Gasteiger partial charge on any atom is 0.307 e. The number of hydrogen-bond donors (Lipinski definition) is 1. The molecular weight excluding hydrogens is 444 g/mol. The van der Waals surface area contributed by atoms with Crippen LogP contribution in [0.1, 0.15) is 52.6 Å². The fourth-order valence-corrected chi connectivity index (χ4v) is 5.81. The predicted octanol–water partition coefficient (Wildman–Crippen LogP) is 8.08. The Bertz CT molecular complexity index is 1430. The summed E-state index contributed by atoms with van der Waals surface area (Å²) in [7, 11) is 0. The molecule has 0 fully saturated rings. The first-order valence-corrected chi connectivity index (χ1v) is 12.6. The third-order valence-electron chi connectivity index (χ3n) is 7.70. The number of aliphatic carboxylic acids is 1. The zero-order valence-corrected chi connectivity index (χ0v) is 21.3. The minimum absolute atomic E-state index is 0.135. The van der Waals surface area contributed by atoms with E-state index in [1.807, 2.05) is 25.1 Å². The average molecular weight is 477 g/mol. The molecule has 0 spiro atoms. The van der Waals surface area contributed by atoms with E-state index in [2.05, 4.69) is 81.4 Å². The molecule has 3 nitrogen and oxygen atoms in total. The molecule has 0 saturated heterocycles. The fourth-order valence-electron chi connectivity index (χ4n) is 5.81. The topological polar surface area (TPSA) is 46.5 Å². The van der Waals surface area contributed by atoms with Gasteiger partial charge < -0.3 is 9.84 Å². The normalized spacial score (nSPS) is 14.7. The van der Waals surface area contributed by atoms with Crippen LogP contribution in [0, 0.1) is 26.7 Å². The highest BCUT2D eigenvalue weighted by molar-refractivity contribution is 5.83. The molecule has 0 radical (unpaired) electrons. The minimum atomic E-state index is -0.746. The number of fused-ring (bicyclic) bond motifs is 3. The van der Waals surface area contributed by atoms with Gasteiger partial charge in [0.15, 0.2) is 0 Å². The van der Waals surface area contributed by atoms with Crippen LogP contribution < -0.4 is 4.74 Å². The number of ether oxygens (including phenoxy) is 1. The van der Waals surface area contributed by atoms with Crippen LogP contribution in [0.25, 0.3) is 22.3 Å². The van der Waals surface area contributed by atoms with Crippen LogP contribution in [0.5, 0.6) is 5.75 Å². The van der Waals surface area contributed by atoms with Crippen LogP contribution in [-0.2, 0) is 11.4 Å². The summed E-state index contributed by atoms with van der Waals surface area (Å²) in [4.78, 5) is 12.0. The van der Waals surface area contributed by atoms with E-state index in [0.29, 0.717) is 13.0 Å². The Morgan fingerprint density at radius 3 is 2.22 bits per heavy atom. The number of carboxylic acids is 1. The summed E-state index contributed by atoms with van der Waals surface area (Å²) in [5.41, 5.74) is 11.8. The Morgan fingerprint density at radius 2 is 1.50 bits per heavy atom. The molecule has 3 heteroatoms. The van der Waals surface area contributed by atoms with Gasteiger partial charge >= 0.3 is 5.97 Å². The SMILES string of the molecule is CCC(C(=O)O)C1c2ccccc2-c2cc(OCc3cccc(-c4c(C)cccc4C)c3C)ccc21. The number of rotatable bonds is 7. The molecule has 0 amide bonds. The summed E-state index contributed by atoms with van der Waals surface area (Å²) in [6.07, 6.45) is 0.585. The first kappa shape index (κ1) is 23.9. The highest BCUT2D eigenvalue weighted by Crippen LogP contribution is 2.50. The van der Waals surface area contributed by atoms with Crippen molar-refractivity contribution in [1.29, 1.82) is 0 Å². The molecule has 182 valence electrons. The summed E-state index contributed by atoms with van der Waals surface area (Å²) in [5.74, 6) is -0.535. The van der Waals surface area contributed by atoms with Gasteiger partial charge in [-0.1, -0.05) is 73.7 Å². The Labute approximate surface area is 213 Å². The molecular formula is C33H32O3. The van der Waals surface area contributed by atoms with Crippen LogP contribution in [-0.4, -0.2) is 11.1 Å². The van der Waals surface area contributed by atoms with E-state index in [1.54, 1.807) is 0 Å². The lowest BCUT2D eigenvalue weighted by atomic mass is 9.82. The van der Waals surface area contributed by atoms with Gasteiger partial charge in [0.05, 0.1) is 5.92 Å². The van der Waals surface area contributed by atoms with E-state index in [9.17, 15) is 9.90 Å². The zero-order chi connectivity index (χ0) is 25.4. The van der Waals surface area contributed by atoms with Gasteiger partial charge in [-0.15, -0.1) is 0 Å². The lowest BCUT2D eigenvalue weighted by molar-refractivity contribution is -0.142. The van der Waals surface area contributed by atoms with Crippen LogP contribution in [0.2, 0.25) is 0 Å². The molecule has 1 aliphatic carbocycles. The monoisotopic (exact) mass is 476 g/mol. The Morgan fingerprint density at radius 1 is 0.833 bits per heavy atom. The Hall–Kier alpha value is -3.85. The van der Waals surface area contributed by atoms with Crippen molar-refractivity contribution in [1.82, 2.24) is 0 Å².